The summed E-state index contributed by atoms with van der Waals surface area (Å²) in [4.78, 5) is 6.46. The average molecular weight is 355 g/mol. The minimum Gasteiger partial charge on any atom is -0.493 e. The van der Waals surface area contributed by atoms with Crippen LogP contribution in [0.2, 0.25) is 0 Å². The molecule has 5 nitrogen and oxygen atoms in total. The third-order valence-electron chi connectivity index (χ3n) is 4.01. The first-order valence-electron chi connectivity index (χ1n) is 8.57. The summed E-state index contributed by atoms with van der Waals surface area (Å²) in [6, 6.07) is 14.0. The van der Waals surface area contributed by atoms with Gasteiger partial charge in [-0.15, -0.1) is 0 Å². The van der Waals surface area contributed by atoms with Gasteiger partial charge in [-0.05, 0) is 56.3 Å². The molecule has 2 aromatic carbocycles. The Morgan fingerprint density at radius 1 is 1.12 bits per heavy atom. The van der Waals surface area contributed by atoms with Crippen LogP contribution in [0, 0.1) is 12.7 Å². The van der Waals surface area contributed by atoms with Crippen molar-refractivity contribution >= 4 is 0 Å². The highest BCUT2D eigenvalue weighted by Gasteiger charge is 2.11. The van der Waals surface area contributed by atoms with E-state index in [-0.39, 0.29) is 5.82 Å². The van der Waals surface area contributed by atoms with Gasteiger partial charge in [0.2, 0.25) is 11.7 Å². The SMILES string of the molecule is Cc1ccccc1OCCCN(C)Cc1nc(-c2ccc(F)cc2)no1. The lowest BCUT2D eigenvalue weighted by Gasteiger charge is -2.14. The molecule has 0 spiro atoms. The molecule has 0 radical (unpaired) electrons. The molecular weight excluding hydrogens is 333 g/mol. The smallest absolute Gasteiger partial charge is 0.241 e. The molecule has 0 saturated heterocycles. The van der Waals surface area contributed by atoms with Crippen molar-refractivity contribution in [3.05, 3.63) is 65.8 Å². The van der Waals surface area contributed by atoms with E-state index in [4.69, 9.17) is 9.26 Å². The van der Waals surface area contributed by atoms with Gasteiger partial charge in [-0.2, -0.15) is 4.98 Å². The molecule has 26 heavy (non-hydrogen) atoms. The molecular formula is C20H22FN3O2. The van der Waals surface area contributed by atoms with Gasteiger partial charge >= 0.3 is 0 Å². The van der Waals surface area contributed by atoms with E-state index in [1.54, 1.807) is 12.1 Å². The van der Waals surface area contributed by atoms with Crippen molar-refractivity contribution in [2.75, 3.05) is 20.2 Å². The molecule has 136 valence electrons. The van der Waals surface area contributed by atoms with E-state index in [0.717, 1.165) is 29.8 Å². The molecule has 0 saturated carbocycles. The number of aryl methyl sites for hydroxylation is 1. The number of hydrogen-bond acceptors (Lipinski definition) is 5. The van der Waals surface area contributed by atoms with Gasteiger partial charge in [0.15, 0.2) is 0 Å². The quantitative estimate of drug-likeness (QED) is 0.570. The Labute approximate surface area is 152 Å². The maximum Gasteiger partial charge on any atom is 0.241 e. The van der Waals surface area contributed by atoms with E-state index < -0.39 is 0 Å². The minimum absolute atomic E-state index is 0.287. The van der Waals surface area contributed by atoms with Gasteiger partial charge < -0.3 is 9.26 Å². The molecule has 0 aliphatic heterocycles. The molecule has 0 amide bonds. The van der Waals surface area contributed by atoms with E-state index in [9.17, 15) is 4.39 Å². The van der Waals surface area contributed by atoms with Gasteiger partial charge in [0.25, 0.3) is 0 Å². The van der Waals surface area contributed by atoms with E-state index in [1.165, 1.54) is 12.1 Å². The van der Waals surface area contributed by atoms with Crippen molar-refractivity contribution < 1.29 is 13.7 Å². The molecule has 0 aliphatic rings. The molecule has 6 heteroatoms. The number of aromatic nitrogens is 2. The maximum absolute atomic E-state index is 13.0. The fourth-order valence-electron chi connectivity index (χ4n) is 2.58. The highest BCUT2D eigenvalue weighted by atomic mass is 19.1. The number of ether oxygens (including phenoxy) is 1. The van der Waals surface area contributed by atoms with Crippen molar-refractivity contribution in [3.8, 4) is 17.1 Å². The molecule has 0 aliphatic carbocycles. The Balaban J connectivity index is 1.44. The van der Waals surface area contributed by atoms with Crippen LogP contribution < -0.4 is 4.74 Å². The van der Waals surface area contributed by atoms with Crippen LogP contribution in [0.5, 0.6) is 5.75 Å². The van der Waals surface area contributed by atoms with Crippen molar-refractivity contribution in [2.45, 2.75) is 19.9 Å². The van der Waals surface area contributed by atoms with Gasteiger partial charge in [-0.25, -0.2) is 4.39 Å². The third-order valence-corrected chi connectivity index (χ3v) is 4.01. The van der Waals surface area contributed by atoms with Crippen molar-refractivity contribution in [1.29, 1.82) is 0 Å². The zero-order valence-corrected chi connectivity index (χ0v) is 15.0. The normalized spacial score (nSPS) is 11.1. The second kappa shape index (κ2) is 8.58. The lowest BCUT2D eigenvalue weighted by molar-refractivity contribution is 0.235. The minimum atomic E-state index is -0.287. The van der Waals surface area contributed by atoms with Crippen LogP contribution in [-0.4, -0.2) is 35.2 Å². The number of benzene rings is 2. The zero-order chi connectivity index (χ0) is 18.4. The first-order valence-corrected chi connectivity index (χ1v) is 8.57. The summed E-state index contributed by atoms with van der Waals surface area (Å²) in [7, 11) is 2.00. The summed E-state index contributed by atoms with van der Waals surface area (Å²) in [5, 5.41) is 3.96. The monoisotopic (exact) mass is 355 g/mol. The summed E-state index contributed by atoms with van der Waals surface area (Å²) in [5.41, 5.74) is 1.87. The Kier molecular flexibility index (Phi) is 5.96. The standard InChI is InChI=1S/C20H22FN3O2/c1-15-6-3-4-7-18(15)25-13-5-12-24(2)14-19-22-20(23-26-19)16-8-10-17(21)11-9-16/h3-4,6-11H,5,12-14H2,1-2H3. The molecule has 1 heterocycles. The number of hydrogen-bond donors (Lipinski definition) is 0. The lowest BCUT2D eigenvalue weighted by Crippen LogP contribution is -2.21. The Morgan fingerprint density at radius 3 is 2.65 bits per heavy atom. The topological polar surface area (TPSA) is 51.4 Å². The molecule has 3 aromatic rings. The Hall–Kier alpha value is -2.73. The summed E-state index contributed by atoms with van der Waals surface area (Å²) >= 11 is 0. The van der Waals surface area contributed by atoms with E-state index in [1.807, 2.05) is 38.2 Å². The molecule has 0 N–H and O–H groups in total. The largest absolute Gasteiger partial charge is 0.493 e. The summed E-state index contributed by atoms with van der Waals surface area (Å²) < 4.78 is 24.1. The Bertz CT molecular complexity index is 833. The van der Waals surface area contributed by atoms with Gasteiger partial charge in [-0.1, -0.05) is 23.4 Å². The lowest BCUT2D eigenvalue weighted by atomic mass is 10.2. The van der Waals surface area contributed by atoms with Crippen molar-refractivity contribution in [1.82, 2.24) is 15.0 Å². The van der Waals surface area contributed by atoms with Gasteiger partial charge in [0.1, 0.15) is 11.6 Å². The highest BCUT2D eigenvalue weighted by molar-refractivity contribution is 5.53. The number of rotatable bonds is 8. The van der Waals surface area contributed by atoms with Crippen LogP contribution >= 0.6 is 0 Å². The highest BCUT2D eigenvalue weighted by Crippen LogP contribution is 2.17. The van der Waals surface area contributed by atoms with Crippen LogP contribution in [0.3, 0.4) is 0 Å². The van der Waals surface area contributed by atoms with Crippen LogP contribution in [0.1, 0.15) is 17.9 Å². The van der Waals surface area contributed by atoms with Gasteiger partial charge in [0.05, 0.1) is 13.2 Å². The van der Waals surface area contributed by atoms with Crippen LogP contribution in [-0.2, 0) is 6.54 Å². The number of nitrogens with zero attached hydrogens (tertiary/aromatic N) is 3. The van der Waals surface area contributed by atoms with Crippen molar-refractivity contribution in [2.24, 2.45) is 0 Å². The van der Waals surface area contributed by atoms with E-state index in [2.05, 4.69) is 15.0 Å². The van der Waals surface area contributed by atoms with E-state index in [0.29, 0.717) is 24.9 Å². The summed E-state index contributed by atoms with van der Waals surface area (Å²) in [5.74, 6) is 1.64. The van der Waals surface area contributed by atoms with Crippen LogP contribution in [0.25, 0.3) is 11.4 Å². The molecule has 0 atom stereocenters. The molecule has 1 aromatic heterocycles. The average Bonchev–Trinajstić information content (AvgIpc) is 3.09. The van der Waals surface area contributed by atoms with Crippen LogP contribution in [0.15, 0.2) is 53.1 Å². The number of para-hydroxylation sites is 1. The van der Waals surface area contributed by atoms with Gasteiger partial charge in [0, 0.05) is 12.1 Å². The van der Waals surface area contributed by atoms with Crippen LogP contribution in [0.4, 0.5) is 4.39 Å². The van der Waals surface area contributed by atoms with E-state index >= 15 is 0 Å². The molecule has 0 unspecified atom stereocenters. The fourth-order valence-corrected chi connectivity index (χ4v) is 2.58. The molecule has 3 rings (SSSR count). The Morgan fingerprint density at radius 2 is 1.88 bits per heavy atom. The van der Waals surface area contributed by atoms with Crippen molar-refractivity contribution in [3.63, 3.8) is 0 Å². The van der Waals surface area contributed by atoms with Gasteiger partial charge in [-0.3, -0.25) is 4.90 Å². The second-order valence-corrected chi connectivity index (χ2v) is 6.22. The zero-order valence-electron chi connectivity index (χ0n) is 15.0. The second-order valence-electron chi connectivity index (χ2n) is 6.22. The fraction of sp³-hybridized carbons (Fsp3) is 0.300. The molecule has 0 bridgehead atoms. The first-order chi connectivity index (χ1) is 12.6. The predicted octanol–water partition coefficient (Wildman–Crippen LogP) is 4.09. The number of halogens is 1. The summed E-state index contributed by atoms with van der Waals surface area (Å²) in [6.07, 6.45) is 0.893. The molecule has 0 fully saturated rings. The predicted molar refractivity (Wildman–Crippen MR) is 97.3 cm³/mol. The third kappa shape index (κ3) is 4.89. The summed E-state index contributed by atoms with van der Waals surface area (Å²) in [6.45, 7) is 4.09. The maximum atomic E-state index is 13.0. The first kappa shape index (κ1) is 18.1.